The molecule has 1 heterocycles. The lowest BCUT2D eigenvalue weighted by Gasteiger charge is -2.24. The Balaban J connectivity index is 2.42. The Hall–Kier alpha value is -0.510. The fourth-order valence-corrected chi connectivity index (χ4v) is 1.84. The van der Waals surface area contributed by atoms with Crippen molar-refractivity contribution in [1.29, 1.82) is 0 Å². The third kappa shape index (κ3) is 2.54. The third-order valence-corrected chi connectivity index (χ3v) is 2.42. The van der Waals surface area contributed by atoms with E-state index in [1.54, 1.807) is 16.7 Å². The van der Waals surface area contributed by atoms with Crippen molar-refractivity contribution in [3.63, 3.8) is 0 Å². The van der Waals surface area contributed by atoms with Crippen LogP contribution in [-0.4, -0.2) is 41.2 Å². The highest BCUT2D eigenvalue weighted by Crippen LogP contribution is 2.09. The van der Waals surface area contributed by atoms with Gasteiger partial charge in [-0.3, -0.25) is 9.59 Å². The molecule has 3 nitrogen and oxygen atoms in total. The van der Waals surface area contributed by atoms with Crippen molar-refractivity contribution >= 4 is 23.5 Å². The molecule has 4 heteroatoms. The molecule has 0 spiro atoms. The standard InChI is InChI=1S/C7H11NO2S/c1-6(9)4-8-2-3-11-5-7(8)10/h2-5H2,1H3. The molecule has 0 unspecified atom stereocenters. The van der Waals surface area contributed by atoms with E-state index in [2.05, 4.69) is 0 Å². The van der Waals surface area contributed by atoms with Crippen LogP contribution in [0.2, 0.25) is 0 Å². The summed E-state index contributed by atoms with van der Waals surface area (Å²) in [6, 6.07) is 0. The number of hydrogen-bond acceptors (Lipinski definition) is 3. The number of carbonyl (C=O) groups excluding carboxylic acids is 2. The molecule has 0 N–H and O–H groups in total. The van der Waals surface area contributed by atoms with Gasteiger partial charge in [0.05, 0.1) is 12.3 Å². The number of hydrogen-bond donors (Lipinski definition) is 0. The lowest BCUT2D eigenvalue weighted by atomic mass is 10.4. The topological polar surface area (TPSA) is 37.4 Å². The van der Waals surface area contributed by atoms with Gasteiger partial charge >= 0.3 is 0 Å². The number of nitrogens with zero attached hydrogens (tertiary/aromatic N) is 1. The molecule has 0 aromatic carbocycles. The summed E-state index contributed by atoms with van der Waals surface area (Å²) in [6.07, 6.45) is 0. The van der Waals surface area contributed by atoms with Crippen LogP contribution in [0.3, 0.4) is 0 Å². The molecule has 0 saturated carbocycles. The van der Waals surface area contributed by atoms with Gasteiger partial charge in [-0.25, -0.2) is 0 Å². The summed E-state index contributed by atoms with van der Waals surface area (Å²) in [5, 5.41) is 0. The summed E-state index contributed by atoms with van der Waals surface area (Å²) in [5.41, 5.74) is 0. The molecule has 0 aliphatic carbocycles. The van der Waals surface area contributed by atoms with E-state index in [0.717, 1.165) is 12.3 Å². The molecule has 0 bridgehead atoms. The van der Waals surface area contributed by atoms with Gasteiger partial charge in [0.25, 0.3) is 0 Å². The second kappa shape index (κ2) is 3.76. The maximum absolute atomic E-state index is 11.1. The molecule has 0 atom stereocenters. The van der Waals surface area contributed by atoms with E-state index in [-0.39, 0.29) is 11.7 Å². The maximum Gasteiger partial charge on any atom is 0.232 e. The van der Waals surface area contributed by atoms with E-state index in [4.69, 9.17) is 0 Å². The van der Waals surface area contributed by atoms with Crippen LogP contribution in [0, 0.1) is 0 Å². The molecule has 1 rings (SSSR count). The Bertz CT molecular complexity index is 181. The summed E-state index contributed by atoms with van der Waals surface area (Å²) in [6.45, 7) is 2.53. The van der Waals surface area contributed by atoms with Crippen molar-refractivity contribution < 1.29 is 9.59 Å². The molecular formula is C7H11NO2S. The van der Waals surface area contributed by atoms with Gasteiger partial charge in [0.2, 0.25) is 5.91 Å². The predicted molar refractivity (Wildman–Crippen MR) is 44.6 cm³/mol. The minimum Gasteiger partial charge on any atom is -0.334 e. The molecule has 1 fully saturated rings. The van der Waals surface area contributed by atoms with Crippen LogP contribution in [0.15, 0.2) is 0 Å². The van der Waals surface area contributed by atoms with Crippen molar-refractivity contribution in [3.8, 4) is 0 Å². The predicted octanol–water partition coefficient (Wildman–Crippen LogP) is 0.151. The number of thioether (sulfide) groups is 1. The minimum atomic E-state index is 0.0604. The third-order valence-electron chi connectivity index (χ3n) is 1.50. The number of rotatable bonds is 2. The SMILES string of the molecule is CC(=O)CN1CCSCC1=O. The minimum absolute atomic E-state index is 0.0604. The molecule has 0 aromatic rings. The summed E-state index contributed by atoms with van der Waals surface area (Å²) in [5.74, 6) is 1.65. The van der Waals surface area contributed by atoms with Crippen LogP contribution < -0.4 is 0 Å². The van der Waals surface area contributed by atoms with Crippen LogP contribution in [0.1, 0.15) is 6.92 Å². The fourth-order valence-electron chi connectivity index (χ4n) is 0.986. The molecule has 11 heavy (non-hydrogen) atoms. The highest BCUT2D eigenvalue weighted by molar-refractivity contribution is 8.00. The van der Waals surface area contributed by atoms with E-state index < -0.39 is 0 Å². The van der Waals surface area contributed by atoms with Gasteiger partial charge in [-0.15, -0.1) is 0 Å². The average molecular weight is 173 g/mol. The van der Waals surface area contributed by atoms with E-state index in [1.807, 2.05) is 0 Å². The maximum atomic E-state index is 11.1. The first kappa shape index (κ1) is 8.59. The molecule has 1 aliphatic rings. The first-order chi connectivity index (χ1) is 5.20. The zero-order valence-electron chi connectivity index (χ0n) is 6.50. The molecule has 1 saturated heterocycles. The lowest BCUT2D eigenvalue weighted by Crippen LogP contribution is -2.40. The summed E-state index contributed by atoms with van der Waals surface area (Å²) < 4.78 is 0. The van der Waals surface area contributed by atoms with E-state index in [0.29, 0.717) is 12.3 Å². The van der Waals surface area contributed by atoms with E-state index >= 15 is 0 Å². The van der Waals surface area contributed by atoms with Crippen LogP contribution in [0.5, 0.6) is 0 Å². The van der Waals surface area contributed by atoms with Gasteiger partial charge in [0, 0.05) is 12.3 Å². The Kier molecular flexibility index (Phi) is 2.93. The summed E-state index contributed by atoms with van der Waals surface area (Å²) >= 11 is 1.63. The van der Waals surface area contributed by atoms with Crippen LogP contribution in [0.4, 0.5) is 0 Å². The van der Waals surface area contributed by atoms with Gasteiger partial charge in [-0.2, -0.15) is 11.8 Å². The fraction of sp³-hybridized carbons (Fsp3) is 0.714. The molecule has 0 aromatic heterocycles. The van der Waals surface area contributed by atoms with Crippen molar-refractivity contribution in [2.24, 2.45) is 0 Å². The van der Waals surface area contributed by atoms with Crippen molar-refractivity contribution in [2.45, 2.75) is 6.92 Å². The van der Waals surface area contributed by atoms with E-state index in [1.165, 1.54) is 6.92 Å². The highest BCUT2D eigenvalue weighted by Gasteiger charge is 2.18. The monoisotopic (exact) mass is 173 g/mol. The normalized spacial score (nSPS) is 18.6. The zero-order valence-corrected chi connectivity index (χ0v) is 7.32. The van der Waals surface area contributed by atoms with Crippen molar-refractivity contribution in [2.75, 3.05) is 24.6 Å². The van der Waals surface area contributed by atoms with Gasteiger partial charge in [0.15, 0.2) is 0 Å². The average Bonchev–Trinajstić information content (AvgIpc) is 1.93. The smallest absolute Gasteiger partial charge is 0.232 e. The van der Waals surface area contributed by atoms with Crippen LogP contribution in [0.25, 0.3) is 0 Å². The molecule has 62 valence electrons. The number of amides is 1. The van der Waals surface area contributed by atoms with Gasteiger partial charge < -0.3 is 4.90 Å². The van der Waals surface area contributed by atoms with Gasteiger partial charge in [0.1, 0.15) is 5.78 Å². The Morgan fingerprint density at radius 2 is 2.45 bits per heavy atom. The van der Waals surface area contributed by atoms with Crippen molar-refractivity contribution in [3.05, 3.63) is 0 Å². The second-order valence-electron chi connectivity index (χ2n) is 2.57. The number of carbonyl (C=O) groups is 2. The van der Waals surface area contributed by atoms with E-state index in [9.17, 15) is 9.59 Å². The zero-order chi connectivity index (χ0) is 8.27. The summed E-state index contributed by atoms with van der Waals surface area (Å²) in [7, 11) is 0. The lowest BCUT2D eigenvalue weighted by molar-refractivity contribution is -0.132. The molecule has 0 radical (unpaired) electrons. The van der Waals surface area contributed by atoms with Gasteiger partial charge in [-0.05, 0) is 6.92 Å². The number of Topliss-reactive ketones (excluding diaryl/α,β-unsaturated/α-hetero) is 1. The molecule has 1 amide bonds. The Morgan fingerprint density at radius 3 is 3.00 bits per heavy atom. The first-order valence-electron chi connectivity index (χ1n) is 3.55. The largest absolute Gasteiger partial charge is 0.334 e. The molecule has 1 aliphatic heterocycles. The van der Waals surface area contributed by atoms with Crippen LogP contribution >= 0.6 is 11.8 Å². The van der Waals surface area contributed by atoms with Crippen molar-refractivity contribution in [1.82, 2.24) is 4.90 Å². The highest BCUT2D eigenvalue weighted by atomic mass is 32.2. The first-order valence-corrected chi connectivity index (χ1v) is 4.70. The summed E-state index contributed by atoms with van der Waals surface area (Å²) in [4.78, 5) is 23.4. The van der Waals surface area contributed by atoms with Gasteiger partial charge in [-0.1, -0.05) is 0 Å². The van der Waals surface area contributed by atoms with Crippen LogP contribution in [-0.2, 0) is 9.59 Å². The quantitative estimate of drug-likeness (QED) is 0.596. The Morgan fingerprint density at radius 1 is 1.73 bits per heavy atom. The Labute approximate surface area is 70.1 Å². The molecular weight excluding hydrogens is 162 g/mol. The second-order valence-corrected chi connectivity index (χ2v) is 3.68. The number of ketones is 1.